The van der Waals surface area contributed by atoms with Crippen molar-refractivity contribution < 1.29 is 20.0 Å². The molecule has 0 saturated carbocycles. The van der Waals surface area contributed by atoms with Gasteiger partial charge in [-0.1, -0.05) is 6.08 Å². The van der Waals surface area contributed by atoms with Crippen molar-refractivity contribution in [1.29, 1.82) is 0 Å². The van der Waals surface area contributed by atoms with E-state index in [4.69, 9.17) is 15.1 Å². The second-order valence-electron chi connectivity index (χ2n) is 5.93. The Morgan fingerprint density at radius 2 is 1.33 bits per heavy atom. The van der Waals surface area contributed by atoms with E-state index >= 15 is 0 Å². The molecular formula is C14H32O4. The second-order valence-corrected chi connectivity index (χ2v) is 5.93. The van der Waals surface area contributed by atoms with Crippen LogP contribution in [0.15, 0.2) is 12.7 Å². The summed E-state index contributed by atoms with van der Waals surface area (Å²) in [7, 11) is 0. The Morgan fingerprint density at radius 3 is 1.33 bits per heavy atom. The molecule has 0 bridgehead atoms. The molecule has 1 saturated heterocycles. The highest BCUT2D eigenvalue weighted by Crippen LogP contribution is 2.04. The van der Waals surface area contributed by atoms with E-state index in [1.165, 1.54) is 0 Å². The summed E-state index contributed by atoms with van der Waals surface area (Å²) in [6, 6.07) is 0. The van der Waals surface area contributed by atoms with Crippen LogP contribution in [0.4, 0.5) is 0 Å². The molecule has 0 aliphatic carbocycles. The highest BCUT2D eigenvalue weighted by molar-refractivity contribution is 4.58. The third-order valence-electron chi connectivity index (χ3n) is 0.774. The Hall–Kier alpha value is -0.420. The van der Waals surface area contributed by atoms with Crippen LogP contribution in [0.2, 0.25) is 0 Å². The van der Waals surface area contributed by atoms with Gasteiger partial charge in [0.05, 0.1) is 23.9 Å². The van der Waals surface area contributed by atoms with E-state index in [-0.39, 0.29) is 0 Å². The zero-order chi connectivity index (χ0) is 15.4. The van der Waals surface area contributed by atoms with Crippen molar-refractivity contribution in [3.63, 3.8) is 0 Å². The molecule has 1 fully saturated rings. The third kappa shape index (κ3) is 106. The summed E-state index contributed by atoms with van der Waals surface area (Å²) in [6.07, 6.45) is 2.33. The van der Waals surface area contributed by atoms with Crippen LogP contribution in [-0.4, -0.2) is 34.3 Å². The van der Waals surface area contributed by atoms with Crippen molar-refractivity contribution in [2.75, 3.05) is 6.61 Å². The Labute approximate surface area is 113 Å². The zero-order valence-corrected chi connectivity index (χ0v) is 13.3. The second kappa shape index (κ2) is 11.7. The first-order valence-corrected chi connectivity index (χ1v) is 6.11. The summed E-state index contributed by atoms with van der Waals surface area (Å²) < 4.78 is 4.71. The van der Waals surface area contributed by atoms with Gasteiger partial charge in [0.25, 0.3) is 0 Å². The fourth-order valence-corrected chi connectivity index (χ4v) is 0.0962. The Morgan fingerprint density at radius 1 is 1.22 bits per heavy atom. The lowest BCUT2D eigenvalue weighted by Crippen LogP contribution is -2.15. The molecule has 2 N–H and O–H groups in total. The molecular weight excluding hydrogens is 232 g/mol. The summed E-state index contributed by atoms with van der Waals surface area (Å²) in [5.74, 6) is 0. The van der Waals surface area contributed by atoms with Crippen LogP contribution in [-0.2, 0) is 9.62 Å². The minimum Gasteiger partial charge on any atom is -0.391 e. The van der Waals surface area contributed by atoms with E-state index in [9.17, 15) is 0 Å². The number of aliphatic hydroxyl groups is 1. The predicted molar refractivity (Wildman–Crippen MR) is 76.7 cm³/mol. The van der Waals surface area contributed by atoms with E-state index < -0.39 is 11.2 Å². The number of hydrogen-bond donors (Lipinski definition) is 2. The van der Waals surface area contributed by atoms with Crippen LogP contribution < -0.4 is 0 Å². The average Bonchev–Trinajstić information content (AvgIpc) is 2.86. The summed E-state index contributed by atoms with van der Waals surface area (Å²) in [4.78, 5) is 3.94. The number of ether oxygens (including phenoxy) is 1. The molecule has 4 nitrogen and oxygen atoms in total. The monoisotopic (exact) mass is 264 g/mol. The van der Waals surface area contributed by atoms with E-state index in [1.807, 2.05) is 6.92 Å². The molecule has 0 radical (unpaired) electrons. The van der Waals surface area contributed by atoms with Crippen LogP contribution in [0.25, 0.3) is 0 Å². The van der Waals surface area contributed by atoms with Gasteiger partial charge in [-0.25, -0.2) is 4.89 Å². The maximum absolute atomic E-state index is 8.52. The molecule has 1 heterocycles. The highest BCUT2D eigenvalue weighted by atomic mass is 17.1. The van der Waals surface area contributed by atoms with Gasteiger partial charge in [-0.05, 0) is 55.4 Å². The van der Waals surface area contributed by atoms with Gasteiger partial charge in [-0.2, -0.15) is 0 Å². The van der Waals surface area contributed by atoms with E-state index in [1.54, 1.807) is 47.6 Å². The summed E-state index contributed by atoms with van der Waals surface area (Å²) in [5.41, 5.74) is -0.903. The van der Waals surface area contributed by atoms with Gasteiger partial charge in [-0.3, -0.25) is 5.26 Å². The highest BCUT2D eigenvalue weighted by Gasteiger charge is 2.13. The van der Waals surface area contributed by atoms with Gasteiger partial charge < -0.3 is 9.84 Å². The molecule has 0 aromatic carbocycles. The summed E-state index contributed by atoms with van der Waals surface area (Å²) >= 11 is 0. The van der Waals surface area contributed by atoms with Crippen LogP contribution in [0.3, 0.4) is 0 Å². The lowest BCUT2D eigenvalue weighted by atomic mass is 10.2. The smallest absolute Gasteiger partial charge is 0.0949 e. The SMILES string of the molecule is C=CC.CC(C)(C)O.CC(C)(C)OO.CC1CO1. The van der Waals surface area contributed by atoms with Gasteiger partial charge in [0.15, 0.2) is 0 Å². The fraction of sp³-hybridized carbons (Fsp3) is 0.857. The number of epoxide rings is 1. The maximum Gasteiger partial charge on any atom is 0.0949 e. The molecule has 0 aromatic rings. The number of hydrogen-bond acceptors (Lipinski definition) is 4. The quantitative estimate of drug-likeness (QED) is 0.303. The van der Waals surface area contributed by atoms with Crippen molar-refractivity contribution in [3.05, 3.63) is 12.7 Å². The fourth-order valence-electron chi connectivity index (χ4n) is 0.0962. The molecule has 18 heavy (non-hydrogen) atoms. The molecule has 4 heteroatoms. The zero-order valence-electron chi connectivity index (χ0n) is 13.3. The predicted octanol–water partition coefficient (Wildman–Crippen LogP) is 3.65. The standard InChI is InChI=1S/C4H10O2.C4H10O.C3H6O.C3H6/c1-4(2,3)6-5;1-4(2,3)5;1-3-2-4-3;1-3-2/h5H,1-3H3;5H,1-3H3;3H,2H2,1H3;3H,1H2,2H3. The van der Waals surface area contributed by atoms with E-state index in [2.05, 4.69) is 18.4 Å². The largest absolute Gasteiger partial charge is 0.391 e. The van der Waals surface area contributed by atoms with Crippen molar-refractivity contribution >= 4 is 0 Å². The molecule has 0 amide bonds. The topological polar surface area (TPSA) is 62.2 Å². The van der Waals surface area contributed by atoms with Crippen LogP contribution in [0, 0.1) is 0 Å². The normalized spacial score (nSPS) is 16.9. The Bertz CT molecular complexity index is 167. The maximum atomic E-state index is 8.52. The Kier molecular flexibility index (Phi) is 14.7. The average molecular weight is 264 g/mol. The van der Waals surface area contributed by atoms with Gasteiger partial charge in [0, 0.05) is 0 Å². The van der Waals surface area contributed by atoms with Crippen molar-refractivity contribution in [3.8, 4) is 0 Å². The summed E-state index contributed by atoms with van der Waals surface area (Å²) in [6.45, 7) is 18.8. The molecule has 1 aliphatic heterocycles. The third-order valence-corrected chi connectivity index (χ3v) is 0.774. The first-order chi connectivity index (χ1) is 7.87. The lowest BCUT2D eigenvalue weighted by molar-refractivity contribution is -0.306. The molecule has 1 atom stereocenters. The van der Waals surface area contributed by atoms with Crippen molar-refractivity contribution in [2.45, 2.75) is 72.7 Å². The molecule has 1 unspecified atom stereocenters. The number of allylic oxidation sites excluding steroid dienone is 1. The molecule has 0 spiro atoms. The molecule has 112 valence electrons. The lowest BCUT2D eigenvalue weighted by Gasteiger charge is -2.10. The molecule has 0 aromatic heterocycles. The minimum atomic E-state index is -0.500. The van der Waals surface area contributed by atoms with Gasteiger partial charge >= 0.3 is 0 Å². The first-order valence-electron chi connectivity index (χ1n) is 6.11. The van der Waals surface area contributed by atoms with E-state index in [0.29, 0.717) is 6.10 Å². The molecule has 1 aliphatic rings. The van der Waals surface area contributed by atoms with Gasteiger partial charge in [0.2, 0.25) is 0 Å². The number of rotatable bonds is 0. The minimum absolute atomic E-state index is 0.403. The Balaban J connectivity index is -0.000000172. The van der Waals surface area contributed by atoms with Crippen LogP contribution >= 0.6 is 0 Å². The van der Waals surface area contributed by atoms with Crippen LogP contribution in [0.1, 0.15) is 55.4 Å². The van der Waals surface area contributed by atoms with Crippen molar-refractivity contribution in [2.24, 2.45) is 0 Å². The van der Waals surface area contributed by atoms with E-state index in [0.717, 1.165) is 6.61 Å². The van der Waals surface area contributed by atoms with Gasteiger partial charge in [-0.15, -0.1) is 6.58 Å². The van der Waals surface area contributed by atoms with Gasteiger partial charge in [0.1, 0.15) is 0 Å². The molecule has 1 rings (SSSR count). The van der Waals surface area contributed by atoms with Crippen molar-refractivity contribution in [1.82, 2.24) is 0 Å². The van der Waals surface area contributed by atoms with Crippen LogP contribution in [0.5, 0.6) is 0 Å². The first kappa shape index (κ1) is 22.7. The summed E-state index contributed by atoms with van der Waals surface area (Å²) in [5, 5.41) is 16.4.